The Bertz CT molecular complexity index is 791. The number of nitrogens with zero attached hydrogens (tertiary/aromatic N) is 1. The van der Waals surface area contributed by atoms with E-state index in [1.807, 2.05) is 18.2 Å². The highest BCUT2D eigenvalue weighted by atomic mass is 19.4. The highest BCUT2D eigenvalue weighted by Gasteiger charge is 2.31. The Kier molecular flexibility index (Phi) is 3.73. The number of rotatable bonds is 2. The molecule has 0 spiro atoms. The molecule has 0 radical (unpaired) electrons. The van der Waals surface area contributed by atoms with Crippen LogP contribution in [0.3, 0.4) is 0 Å². The summed E-state index contributed by atoms with van der Waals surface area (Å²) >= 11 is 0. The Morgan fingerprint density at radius 1 is 0.957 bits per heavy atom. The monoisotopic (exact) mass is 317 g/mol. The summed E-state index contributed by atoms with van der Waals surface area (Å²) in [6, 6.07) is 13.5. The summed E-state index contributed by atoms with van der Waals surface area (Å²) in [6.07, 6.45) is -2.82. The number of hydrogen-bond acceptors (Lipinski definition) is 3. The third kappa shape index (κ3) is 3.15. The van der Waals surface area contributed by atoms with Crippen LogP contribution in [0.15, 0.2) is 65.3 Å². The maximum atomic E-state index is 12.6. The number of carbonyl (C=O) groups excluding carboxylic acids is 1. The van der Waals surface area contributed by atoms with Crippen molar-refractivity contribution in [2.45, 2.75) is 6.18 Å². The first-order valence-electron chi connectivity index (χ1n) is 6.69. The molecule has 0 amide bonds. The van der Waals surface area contributed by atoms with Gasteiger partial charge in [0.2, 0.25) is 0 Å². The average Bonchev–Trinajstić information content (AvgIpc) is 2.89. The number of alkyl halides is 3. The molecular weight excluding hydrogens is 307 g/mol. The second kappa shape index (κ2) is 5.72. The predicted octanol–water partition coefficient (Wildman–Crippen LogP) is 4.05. The molecule has 23 heavy (non-hydrogen) atoms. The Morgan fingerprint density at radius 2 is 1.61 bits per heavy atom. The van der Waals surface area contributed by atoms with Gasteiger partial charge >= 0.3 is 12.1 Å². The molecule has 0 saturated carbocycles. The molecule has 0 atom stereocenters. The van der Waals surface area contributed by atoms with Gasteiger partial charge in [-0.25, -0.2) is 4.79 Å². The van der Waals surface area contributed by atoms with Gasteiger partial charge in [0.1, 0.15) is 5.71 Å². The molecular formula is C17H10F3NO2. The third-order valence-corrected chi connectivity index (χ3v) is 3.29. The standard InChI is InChI=1S/C17H10F3NO2/c18-17(19,20)13-8-6-12(7-9-13)15-14(16(22)23-21-15)10-11-4-2-1-3-5-11/h1-10H/b14-10-. The number of halogens is 3. The van der Waals surface area contributed by atoms with Crippen molar-refractivity contribution in [1.82, 2.24) is 0 Å². The van der Waals surface area contributed by atoms with Crippen LogP contribution in [0.2, 0.25) is 0 Å². The minimum absolute atomic E-state index is 0.205. The van der Waals surface area contributed by atoms with Crippen molar-refractivity contribution in [3.8, 4) is 0 Å². The molecule has 1 aliphatic heterocycles. The summed E-state index contributed by atoms with van der Waals surface area (Å²) in [6.45, 7) is 0. The number of benzene rings is 2. The quantitative estimate of drug-likeness (QED) is 0.619. The zero-order valence-electron chi connectivity index (χ0n) is 11.7. The largest absolute Gasteiger partial charge is 0.416 e. The van der Waals surface area contributed by atoms with Crippen molar-refractivity contribution in [2.24, 2.45) is 5.16 Å². The maximum Gasteiger partial charge on any atom is 0.416 e. The molecule has 0 aliphatic carbocycles. The minimum Gasteiger partial charge on any atom is -0.312 e. The van der Waals surface area contributed by atoms with Crippen LogP contribution in [0.25, 0.3) is 6.08 Å². The fourth-order valence-electron chi connectivity index (χ4n) is 2.15. The smallest absolute Gasteiger partial charge is 0.312 e. The van der Waals surface area contributed by atoms with Crippen molar-refractivity contribution in [3.63, 3.8) is 0 Å². The zero-order chi connectivity index (χ0) is 16.4. The Labute approximate surface area is 129 Å². The van der Waals surface area contributed by atoms with Crippen molar-refractivity contribution >= 4 is 17.8 Å². The van der Waals surface area contributed by atoms with E-state index < -0.39 is 17.7 Å². The Hall–Kier alpha value is -2.89. The van der Waals surface area contributed by atoms with E-state index in [2.05, 4.69) is 9.99 Å². The fourth-order valence-corrected chi connectivity index (χ4v) is 2.15. The lowest BCUT2D eigenvalue weighted by Gasteiger charge is -2.07. The summed E-state index contributed by atoms with van der Waals surface area (Å²) in [5, 5.41) is 3.67. The van der Waals surface area contributed by atoms with Crippen LogP contribution in [-0.4, -0.2) is 11.7 Å². The molecule has 0 bridgehead atoms. The summed E-state index contributed by atoms with van der Waals surface area (Å²) < 4.78 is 37.8. The second-order valence-corrected chi connectivity index (χ2v) is 4.86. The first-order valence-corrected chi connectivity index (χ1v) is 6.69. The third-order valence-electron chi connectivity index (χ3n) is 3.29. The molecule has 1 aliphatic rings. The van der Waals surface area contributed by atoms with Crippen LogP contribution in [0, 0.1) is 0 Å². The molecule has 116 valence electrons. The van der Waals surface area contributed by atoms with E-state index in [9.17, 15) is 18.0 Å². The van der Waals surface area contributed by atoms with E-state index in [1.54, 1.807) is 18.2 Å². The van der Waals surface area contributed by atoms with Gasteiger partial charge in [0, 0.05) is 5.56 Å². The lowest BCUT2D eigenvalue weighted by Crippen LogP contribution is -2.08. The van der Waals surface area contributed by atoms with Crippen LogP contribution in [0.5, 0.6) is 0 Å². The van der Waals surface area contributed by atoms with Crippen molar-refractivity contribution in [1.29, 1.82) is 0 Å². The topological polar surface area (TPSA) is 38.7 Å². The fraction of sp³-hybridized carbons (Fsp3) is 0.0588. The number of carbonyl (C=O) groups is 1. The van der Waals surface area contributed by atoms with Gasteiger partial charge < -0.3 is 4.84 Å². The van der Waals surface area contributed by atoms with Gasteiger partial charge in [-0.05, 0) is 23.8 Å². The van der Waals surface area contributed by atoms with Crippen LogP contribution in [-0.2, 0) is 15.8 Å². The number of hydrogen-bond donors (Lipinski definition) is 0. The minimum atomic E-state index is -4.41. The van der Waals surface area contributed by atoms with Crippen molar-refractivity contribution in [2.75, 3.05) is 0 Å². The first kappa shape index (κ1) is 15.0. The molecule has 2 aromatic carbocycles. The molecule has 1 heterocycles. The first-order chi connectivity index (χ1) is 10.9. The maximum absolute atomic E-state index is 12.6. The van der Waals surface area contributed by atoms with Gasteiger partial charge in [0.25, 0.3) is 0 Å². The molecule has 0 N–H and O–H groups in total. The summed E-state index contributed by atoms with van der Waals surface area (Å²) in [5.74, 6) is -0.635. The van der Waals surface area contributed by atoms with Gasteiger partial charge in [0.05, 0.1) is 11.1 Å². The van der Waals surface area contributed by atoms with E-state index in [0.717, 1.165) is 17.7 Å². The van der Waals surface area contributed by atoms with Gasteiger partial charge in [-0.2, -0.15) is 13.2 Å². The molecule has 0 saturated heterocycles. The molecule has 6 heteroatoms. The van der Waals surface area contributed by atoms with Gasteiger partial charge in [-0.1, -0.05) is 47.6 Å². The number of oxime groups is 1. The molecule has 0 unspecified atom stereocenters. The van der Waals surface area contributed by atoms with E-state index in [0.29, 0.717) is 5.56 Å². The lowest BCUT2D eigenvalue weighted by molar-refractivity contribution is -0.138. The van der Waals surface area contributed by atoms with E-state index in [1.165, 1.54) is 12.1 Å². The van der Waals surface area contributed by atoms with E-state index in [4.69, 9.17) is 0 Å². The Balaban J connectivity index is 1.95. The molecule has 0 aromatic heterocycles. The summed E-state index contributed by atoms with van der Waals surface area (Å²) in [4.78, 5) is 16.5. The van der Waals surface area contributed by atoms with Crippen LogP contribution in [0.4, 0.5) is 13.2 Å². The van der Waals surface area contributed by atoms with Gasteiger partial charge in [0.15, 0.2) is 0 Å². The van der Waals surface area contributed by atoms with Gasteiger partial charge in [-0.3, -0.25) is 0 Å². The van der Waals surface area contributed by atoms with E-state index >= 15 is 0 Å². The second-order valence-electron chi connectivity index (χ2n) is 4.86. The highest BCUT2D eigenvalue weighted by Crippen LogP contribution is 2.30. The molecule has 0 fully saturated rings. The van der Waals surface area contributed by atoms with Crippen molar-refractivity contribution in [3.05, 3.63) is 76.9 Å². The molecule has 2 aromatic rings. The van der Waals surface area contributed by atoms with Crippen LogP contribution in [0.1, 0.15) is 16.7 Å². The lowest BCUT2D eigenvalue weighted by atomic mass is 9.99. The predicted molar refractivity (Wildman–Crippen MR) is 78.5 cm³/mol. The molecule has 3 rings (SSSR count). The summed E-state index contributed by atoms with van der Waals surface area (Å²) in [7, 11) is 0. The Morgan fingerprint density at radius 3 is 2.22 bits per heavy atom. The SMILES string of the molecule is O=C1ON=C(c2ccc(C(F)(F)F)cc2)/C1=C/c1ccccc1. The highest BCUT2D eigenvalue weighted by molar-refractivity contribution is 6.31. The molecule has 3 nitrogen and oxygen atoms in total. The van der Waals surface area contributed by atoms with E-state index in [-0.39, 0.29) is 11.3 Å². The van der Waals surface area contributed by atoms with Crippen LogP contribution < -0.4 is 0 Å². The average molecular weight is 317 g/mol. The van der Waals surface area contributed by atoms with Crippen LogP contribution >= 0.6 is 0 Å². The van der Waals surface area contributed by atoms with Crippen molar-refractivity contribution < 1.29 is 22.8 Å². The zero-order valence-corrected chi connectivity index (χ0v) is 11.7. The normalized spacial score (nSPS) is 16.4. The van der Waals surface area contributed by atoms with Gasteiger partial charge in [-0.15, -0.1) is 0 Å². The summed E-state index contributed by atoms with van der Waals surface area (Å²) in [5.41, 5.74) is 0.802.